The Morgan fingerprint density at radius 1 is 1.15 bits per heavy atom. The predicted octanol–water partition coefficient (Wildman–Crippen LogP) is 3.74. The van der Waals surface area contributed by atoms with Crippen molar-refractivity contribution in [3.05, 3.63) is 69.9 Å². The Balaban J connectivity index is 2.08. The molecular formula is C15H12BrFN2O. The second-order valence-electron chi connectivity index (χ2n) is 4.16. The molecule has 0 heterocycles. The summed E-state index contributed by atoms with van der Waals surface area (Å²) < 4.78 is 14.0. The fraction of sp³-hybridized carbons (Fsp3) is 0.0667. The van der Waals surface area contributed by atoms with Gasteiger partial charge in [-0.25, -0.2) is 9.82 Å². The summed E-state index contributed by atoms with van der Waals surface area (Å²) >= 11 is 3.35. The average molecular weight is 335 g/mol. The number of carbonyl (C=O) groups excluding carboxylic acids is 1. The first-order valence-electron chi connectivity index (χ1n) is 5.92. The predicted molar refractivity (Wildman–Crippen MR) is 80.2 cm³/mol. The van der Waals surface area contributed by atoms with E-state index in [1.165, 1.54) is 24.3 Å². The van der Waals surface area contributed by atoms with E-state index in [4.69, 9.17) is 0 Å². The highest BCUT2D eigenvalue weighted by atomic mass is 79.9. The monoisotopic (exact) mass is 334 g/mol. The summed E-state index contributed by atoms with van der Waals surface area (Å²) in [7, 11) is 0. The van der Waals surface area contributed by atoms with Crippen molar-refractivity contribution in [2.24, 2.45) is 5.10 Å². The molecule has 0 aliphatic carbocycles. The Morgan fingerprint density at radius 3 is 2.50 bits per heavy atom. The minimum Gasteiger partial charge on any atom is -0.267 e. The Labute approximate surface area is 124 Å². The number of carbonyl (C=O) groups is 1. The smallest absolute Gasteiger partial charge is 0.267 e. The quantitative estimate of drug-likeness (QED) is 0.674. The van der Waals surface area contributed by atoms with Crippen LogP contribution in [0.5, 0.6) is 0 Å². The fourth-order valence-corrected chi connectivity index (χ4v) is 1.85. The van der Waals surface area contributed by atoms with Gasteiger partial charge in [-0.3, -0.25) is 4.79 Å². The largest absolute Gasteiger partial charge is 0.271 e. The first kappa shape index (κ1) is 14.4. The van der Waals surface area contributed by atoms with Gasteiger partial charge < -0.3 is 0 Å². The molecule has 0 unspecified atom stereocenters. The van der Waals surface area contributed by atoms with Gasteiger partial charge in [0.25, 0.3) is 5.91 Å². The molecule has 2 aromatic carbocycles. The van der Waals surface area contributed by atoms with Crippen LogP contribution in [0.1, 0.15) is 22.8 Å². The molecule has 5 heteroatoms. The number of hydrogen-bond acceptors (Lipinski definition) is 2. The summed E-state index contributed by atoms with van der Waals surface area (Å²) in [5, 5.41) is 4.01. The van der Waals surface area contributed by atoms with Crippen molar-refractivity contribution < 1.29 is 9.18 Å². The highest BCUT2D eigenvalue weighted by molar-refractivity contribution is 9.10. The molecule has 0 aromatic heterocycles. The second-order valence-corrected chi connectivity index (χ2v) is 5.07. The summed E-state index contributed by atoms with van der Waals surface area (Å²) in [6.45, 7) is 1.79. The van der Waals surface area contributed by atoms with Crippen LogP contribution in [0.15, 0.2) is 58.1 Å². The van der Waals surface area contributed by atoms with Crippen LogP contribution in [0.25, 0.3) is 0 Å². The molecule has 3 nitrogen and oxygen atoms in total. The lowest BCUT2D eigenvalue weighted by Gasteiger charge is -2.03. The number of hydrazone groups is 1. The lowest BCUT2D eigenvalue weighted by Crippen LogP contribution is -2.19. The van der Waals surface area contributed by atoms with E-state index < -0.39 is 11.7 Å². The van der Waals surface area contributed by atoms with Gasteiger partial charge in [-0.1, -0.05) is 34.1 Å². The molecule has 0 saturated heterocycles. The van der Waals surface area contributed by atoms with E-state index in [0.717, 1.165) is 10.0 Å². The molecule has 2 rings (SSSR count). The summed E-state index contributed by atoms with van der Waals surface area (Å²) in [5.41, 5.74) is 4.21. The highest BCUT2D eigenvalue weighted by Gasteiger charge is 2.05. The standard InChI is InChI=1S/C15H12BrFN2O/c1-10(11-5-7-13(16)8-6-11)18-19-15(20)12-3-2-4-14(17)9-12/h2-9H,1H3,(H,19,20)/b18-10-. The molecule has 2 aromatic rings. The van der Waals surface area contributed by atoms with Gasteiger partial charge in [-0.15, -0.1) is 0 Å². The third-order valence-corrected chi connectivity index (χ3v) is 3.20. The molecule has 0 aliphatic heterocycles. The average Bonchev–Trinajstić information content (AvgIpc) is 2.45. The summed E-state index contributed by atoms with van der Waals surface area (Å²) in [4.78, 5) is 11.8. The Bertz CT molecular complexity index is 653. The van der Waals surface area contributed by atoms with Crippen molar-refractivity contribution in [1.82, 2.24) is 5.43 Å². The van der Waals surface area contributed by atoms with Crippen LogP contribution < -0.4 is 5.43 Å². The number of halogens is 2. The topological polar surface area (TPSA) is 41.5 Å². The number of hydrogen-bond donors (Lipinski definition) is 1. The van der Waals surface area contributed by atoms with Gasteiger partial charge in [0, 0.05) is 10.0 Å². The minimum atomic E-state index is -0.453. The van der Waals surface area contributed by atoms with E-state index in [1.807, 2.05) is 24.3 Å². The van der Waals surface area contributed by atoms with Crippen LogP contribution in [0, 0.1) is 5.82 Å². The molecule has 0 radical (unpaired) electrons. The van der Waals surface area contributed by atoms with Crippen LogP contribution in [0.3, 0.4) is 0 Å². The molecule has 0 spiro atoms. The zero-order valence-electron chi connectivity index (χ0n) is 10.7. The van der Waals surface area contributed by atoms with Gasteiger partial charge in [-0.2, -0.15) is 5.10 Å². The normalized spacial score (nSPS) is 11.2. The summed E-state index contributed by atoms with van der Waals surface area (Å²) in [5.74, 6) is -0.896. The van der Waals surface area contributed by atoms with E-state index in [-0.39, 0.29) is 5.56 Å². The number of nitrogens with one attached hydrogen (secondary N) is 1. The first-order valence-corrected chi connectivity index (χ1v) is 6.72. The molecule has 0 fully saturated rings. The van der Waals surface area contributed by atoms with E-state index in [0.29, 0.717) is 5.71 Å². The first-order chi connectivity index (χ1) is 9.56. The molecule has 102 valence electrons. The Kier molecular flexibility index (Phi) is 4.63. The van der Waals surface area contributed by atoms with Crippen molar-refractivity contribution in [3.63, 3.8) is 0 Å². The molecule has 0 bridgehead atoms. The highest BCUT2D eigenvalue weighted by Crippen LogP contribution is 2.11. The molecule has 0 atom stereocenters. The third-order valence-electron chi connectivity index (χ3n) is 2.67. The van der Waals surface area contributed by atoms with Crippen LogP contribution in [-0.2, 0) is 0 Å². The maximum Gasteiger partial charge on any atom is 0.271 e. The maximum atomic E-state index is 13.0. The van der Waals surface area contributed by atoms with E-state index in [1.54, 1.807) is 6.92 Å². The van der Waals surface area contributed by atoms with Crippen LogP contribution in [0.4, 0.5) is 4.39 Å². The molecule has 20 heavy (non-hydrogen) atoms. The Morgan fingerprint density at radius 2 is 1.85 bits per heavy atom. The molecular weight excluding hydrogens is 323 g/mol. The van der Waals surface area contributed by atoms with Crippen molar-refractivity contribution in [1.29, 1.82) is 0 Å². The zero-order chi connectivity index (χ0) is 14.5. The van der Waals surface area contributed by atoms with Crippen molar-refractivity contribution in [2.45, 2.75) is 6.92 Å². The van der Waals surface area contributed by atoms with Crippen molar-refractivity contribution in [3.8, 4) is 0 Å². The van der Waals surface area contributed by atoms with Crippen LogP contribution >= 0.6 is 15.9 Å². The van der Waals surface area contributed by atoms with Gasteiger partial charge >= 0.3 is 0 Å². The van der Waals surface area contributed by atoms with Gasteiger partial charge in [-0.05, 0) is 42.8 Å². The van der Waals surface area contributed by atoms with Gasteiger partial charge in [0.05, 0.1) is 5.71 Å². The van der Waals surface area contributed by atoms with E-state index >= 15 is 0 Å². The third kappa shape index (κ3) is 3.74. The lowest BCUT2D eigenvalue weighted by atomic mass is 10.1. The van der Waals surface area contributed by atoms with E-state index in [2.05, 4.69) is 26.5 Å². The zero-order valence-corrected chi connectivity index (χ0v) is 12.3. The number of nitrogens with zero attached hydrogens (tertiary/aromatic N) is 1. The van der Waals surface area contributed by atoms with Crippen molar-refractivity contribution >= 4 is 27.5 Å². The number of amides is 1. The van der Waals surface area contributed by atoms with Crippen LogP contribution in [-0.4, -0.2) is 11.6 Å². The van der Waals surface area contributed by atoms with Gasteiger partial charge in [0.1, 0.15) is 5.82 Å². The molecule has 1 N–H and O–H groups in total. The Hall–Kier alpha value is -2.01. The minimum absolute atomic E-state index is 0.234. The van der Waals surface area contributed by atoms with Crippen molar-refractivity contribution in [2.75, 3.05) is 0 Å². The van der Waals surface area contributed by atoms with Crippen LogP contribution in [0.2, 0.25) is 0 Å². The summed E-state index contributed by atoms with van der Waals surface area (Å²) in [6.07, 6.45) is 0. The maximum absolute atomic E-state index is 13.0. The molecule has 0 aliphatic rings. The second kappa shape index (κ2) is 6.43. The van der Waals surface area contributed by atoms with E-state index in [9.17, 15) is 9.18 Å². The number of rotatable bonds is 3. The fourth-order valence-electron chi connectivity index (χ4n) is 1.58. The molecule has 0 saturated carbocycles. The SMILES string of the molecule is C/C(=N/NC(=O)c1cccc(F)c1)c1ccc(Br)cc1. The van der Waals surface area contributed by atoms with Gasteiger partial charge in [0.2, 0.25) is 0 Å². The summed E-state index contributed by atoms with van der Waals surface area (Å²) in [6, 6.07) is 13.0. The lowest BCUT2D eigenvalue weighted by molar-refractivity contribution is 0.0954. The number of benzene rings is 2. The molecule has 1 amide bonds. The van der Waals surface area contributed by atoms with Gasteiger partial charge in [0.15, 0.2) is 0 Å².